The minimum absolute atomic E-state index is 0.0824. The molecule has 1 heterocycles. The van der Waals surface area contributed by atoms with Crippen LogP contribution in [0.25, 0.3) is 0 Å². The second-order valence-electron chi connectivity index (χ2n) is 5.20. The lowest BCUT2D eigenvalue weighted by Crippen LogP contribution is -2.28. The Morgan fingerprint density at radius 2 is 2.00 bits per heavy atom. The van der Waals surface area contributed by atoms with E-state index in [1.807, 2.05) is 0 Å². The number of ether oxygens (including phenoxy) is 2. The molecule has 1 aromatic heterocycles. The number of hydrogen-bond donors (Lipinski definition) is 1. The molecule has 1 amide bonds. The number of nitrogens with zero attached hydrogens (tertiary/aromatic N) is 2. The van der Waals surface area contributed by atoms with Crippen molar-refractivity contribution in [2.75, 3.05) is 6.61 Å². The Balaban J connectivity index is 3.12. The molecule has 8 nitrogen and oxygen atoms in total. The van der Waals surface area contributed by atoms with Gasteiger partial charge in [0.25, 0.3) is 0 Å². The smallest absolute Gasteiger partial charge is 0.436 e. The van der Waals surface area contributed by atoms with Gasteiger partial charge in [0, 0.05) is 5.38 Å². The normalized spacial score (nSPS) is 12.1. The highest BCUT2D eigenvalue weighted by Gasteiger charge is 2.19. The Bertz CT molecular complexity index is 638. The molecule has 1 rings (SSSR count). The minimum Gasteiger partial charge on any atom is -0.466 e. The number of esters is 1. The van der Waals surface area contributed by atoms with Gasteiger partial charge in [-0.05, 0) is 27.7 Å². The summed E-state index contributed by atoms with van der Waals surface area (Å²) in [5, 5.41) is 10.7. The van der Waals surface area contributed by atoms with Gasteiger partial charge in [-0.25, -0.2) is 14.2 Å². The van der Waals surface area contributed by atoms with Crippen molar-refractivity contribution in [2.45, 2.75) is 39.7 Å². The molecule has 0 spiro atoms. The van der Waals surface area contributed by atoms with Crippen LogP contribution in [0.15, 0.2) is 10.4 Å². The Labute approximate surface area is 131 Å². The Morgan fingerprint density at radius 1 is 1.36 bits per heavy atom. The molecule has 0 radical (unpaired) electrons. The SMILES string of the molecule is CCOC(=O)Cc1cs/c(=N/C(=O)OC(C)(C)C)n1C(=O)O. The summed E-state index contributed by atoms with van der Waals surface area (Å²) in [6.07, 6.45) is -2.46. The number of rotatable bonds is 3. The summed E-state index contributed by atoms with van der Waals surface area (Å²) in [5.74, 6) is -0.556. The quantitative estimate of drug-likeness (QED) is 0.850. The molecule has 0 aliphatic carbocycles. The van der Waals surface area contributed by atoms with Crippen LogP contribution in [0.1, 0.15) is 33.4 Å². The average Bonchev–Trinajstić information content (AvgIpc) is 2.69. The predicted molar refractivity (Wildman–Crippen MR) is 77.9 cm³/mol. The van der Waals surface area contributed by atoms with E-state index in [-0.39, 0.29) is 23.5 Å². The first-order valence-corrected chi connectivity index (χ1v) is 7.38. The summed E-state index contributed by atoms with van der Waals surface area (Å²) >= 11 is 0.926. The van der Waals surface area contributed by atoms with Gasteiger partial charge in [0.15, 0.2) is 0 Å². The zero-order valence-electron chi connectivity index (χ0n) is 12.8. The highest BCUT2D eigenvalue weighted by atomic mass is 32.1. The number of carbonyl (C=O) groups is 3. The van der Waals surface area contributed by atoms with Crippen molar-refractivity contribution in [2.24, 2.45) is 4.99 Å². The summed E-state index contributed by atoms with van der Waals surface area (Å²) in [6.45, 7) is 6.87. The largest absolute Gasteiger partial charge is 0.466 e. The van der Waals surface area contributed by atoms with Crippen LogP contribution in [0.3, 0.4) is 0 Å². The molecule has 22 heavy (non-hydrogen) atoms. The molecule has 9 heteroatoms. The molecule has 0 aliphatic rings. The fourth-order valence-corrected chi connectivity index (χ4v) is 2.33. The van der Waals surface area contributed by atoms with E-state index in [9.17, 15) is 19.5 Å². The van der Waals surface area contributed by atoms with Crippen LogP contribution in [0.4, 0.5) is 9.59 Å². The van der Waals surface area contributed by atoms with Gasteiger partial charge < -0.3 is 14.6 Å². The molecule has 1 aromatic rings. The highest BCUT2D eigenvalue weighted by Crippen LogP contribution is 2.09. The third-order valence-corrected chi connectivity index (χ3v) is 3.06. The van der Waals surface area contributed by atoms with Gasteiger partial charge in [-0.1, -0.05) is 0 Å². The third-order valence-electron chi connectivity index (χ3n) is 2.18. The van der Waals surface area contributed by atoms with Gasteiger partial charge in [0.05, 0.1) is 18.7 Å². The lowest BCUT2D eigenvalue weighted by atomic mass is 10.2. The second kappa shape index (κ2) is 7.21. The van der Waals surface area contributed by atoms with Crippen LogP contribution in [0.2, 0.25) is 0 Å². The van der Waals surface area contributed by atoms with Crippen LogP contribution < -0.4 is 4.80 Å². The van der Waals surface area contributed by atoms with Crippen LogP contribution in [-0.4, -0.2) is 40.0 Å². The molecule has 0 aromatic carbocycles. The van der Waals surface area contributed by atoms with E-state index in [2.05, 4.69) is 4.99 Å². The zero-order valence-corrected chi connectivity index (χ0v) is 13.6. The first-order chi connectivity index (χ1) is 10.1. The molecule has 1 N–H and O–H groups in total. The van der Waals surface area contributed by atoms with Gasteiger partial charge in [0.1, 0.15) is 5.60 Å². The standard InChI is InChI=1S/C13H18N2O6S/c1-5-20-9(16)6-8-7-22-10(15(8)12(18)19)14-11(17)21-13(2,3)4/h7H,5-6H2,1-4H3,(H,18,19)/b14-10+. The molecule has 0 saturated heterocycles. The molecular weight excluding hydrogens is 312 g/mol. The maximum atomic E-state index is 11.7. The monoisotopic (exact) mass is 330 g/mol. The molecule has 0 bridgehead atoms. The van der Waals surface area contributed by atoms with Crippen molar-refractivity contribution < 1.29 is 29.0 Å². The summed E-state index contributed by atoms with van der Waals surface area (Å²) in [4.78, 5) is 38.0. The molecule has 0 unspecified atom stereocenters. The number of carbonyl (C=O) groups excluding carboxylic acids is 2. The molecular formula is C13H18N2O6S. The van der Waals surface area contributed by atoms with Crippen LogP contribution in [0, 0.1) is 0 Å². The molecule has 0 saturated carbocycles. The zero-order chi connectivity index (χ0) is 16.9. The molecule has 122 valence electrons. The summed E-state index contributed by atoms with van der Waals surface area (Å²) in [7, 11) is 0. The van der Waals surface area contributed by atoms with Gasteiger partial charge in [0.2, 0.25) is 4.80 Å². The Morgan fingerprint density at radius 3 is 2.50 bits per heavy atom. The van der Waals surface area contributed by atoms with E-state index in [1.165, 1.54) is 5.38 Å². The maximum Gasteiger partial charge on any atom is 0.436 e. The highest BCUT2D eigenvalue weighted by molar-refractivity contribution is 7.07. The van der Waals surface area contributed by atoms with Crippen LogP contribution in [-0.2, 0) is 20.7 Å². The molecule has 0 fully saturated rings. The molecule has 0 atom stereocenters. The summed E-state index contributed by atoms with van der Waals surface area (Å²) in [6, 6.07) is 0. The van der Waals surface area contributed by atoms with Crippen molar-refractivity contribution in [1.29, 1.82) is 0 Å². The third kappa shape index (κ3) is 5.32. The number of amides is 1. The van der Waals surface area contributed by atoms with Gasteiger partial charge in [-0.3, -0.25) is 4.79 Å². The lowest BCUT2D eigenvalue weighted by molar-refractivity contribution is -0.142. The second-order valence-corrected chi connectivity index (χ2v) is 6.04. The van der Waals surface area contributed by atoms with E-state index >= 15 is 0 Å². The first-order valence-electron chi connectivity index (χ1n) is 6.50. The van der Waals surface area contributed by atoms with Crippen LogP contribution in [0.5, 0.6) is 0 Å². The maximum absolute atomic E-state index is 11.7. The summed E-state index contributed by atoms with van der Waals surface area (Å²) in [5.41, 5.74) is -0.558. The van der Waals surface area contributed by atoms with Crippen molar-refractivity contribution in [3.8, 4) is 0 Å². The number of thiazole rings is 1. The topological polar surface area (TPSA) is 107 Å². The minimum atomic E-state index is -1.34. The van der Waals surface area contributed by atoms with Crippen molar-refractivity contribution in [3.05, 3.63) is 15.9 Å². The van der Waals surface area contributed by atoms with Gasteiger partial charge in [-0.15, -0.1) is 16.3 Å². The Kier molecular flexibility index (Phi) is 5.86. The fraction of sp³-hybridized carbons (Fsp3) is 0.538. The number of hydrogen-bond acceptors (Lipinski definition) is 6. The van der Waals surface area contributed by atoms with Gasteiger partial charge >= 0.3 is 18.2 Å². The predicted octanol–water partition coefficient (Wildman–Crippen LogP) is 2.02. The van der Waals surface area contributed by atoms with E-state index in [0.29, 0.717) is 0 Å². The lowest BCUT2D eigenvalue weighted by Gasteiger charge is -2.16. The first kappa shape index (κ1) is 17.9. The number of carboxylic acid groups (broad SMARTS) is 1. The fourth-order valence-electron chi connectivity index (χ4n) is 1.47. The van der Waals surface area contributed by atoms with Gasteiger partial charge in [-0.2, -0.15) is 0 Å². The van der Waals surface area contributed by atoms with Crippen molar-refractivity contribution >= 4 is 29.5 Å². The Hall–Kier alpha value is -2.16. The van der Waals surface area contributed by atoms with E-state index in [0.717, 1.165) is 15.9 Å². The molecule has 0 aliphatic heterocycles. The van der Waals surface area contributed by atoms with E-state index < -0.39 is 23.8 Å². The van der Waals surface area contributed by atoms with Crippen LogP contribution >= 0.6 is 11.3 Å². The van der Waals surface area contributed by atoms with Crippen molar-refractivity contribution in [1.82, 2.24) is 4.57 Å². The van der Waals surface area contributed by atoms with Crippen molar-refractivity contribution in [3.63, 3.8) is 0 Å². The van der Waals surface area contributed by atoms with E-state index in [4.69, 9.17) is 9.47 Å². The average molecular weight is 330 g/mol. The summed E-state index contributed by atoms with van der Waals surface area (Å²) < 4.78 is 10.6. The number of aromatic nitrogens is 1. The van der Waals surface area contributed by atoms with E-state index in [1.54, 1.807) is 27.7 Å².